The van der Waals surface area contributed by atoms with E-state index in [1.54, 1.807) is 25.6 Å². The molecule has 0 bridgehead atoms. The highest BCUT2D eigenvalue weighted by molar-refractivity contribution is 7.12. The number of benzene rings is 1. The molecule has 6 heteroatoms. The minimum atomic E-state index is -0.689. The Bertz CT molecular complexity index is 758. The monoisotopic (exact) mass is 389 g/mol. The van der Waals surface area contributed by atoms with Crippen molar-refractivity contribution < 1.29 is 19.4 Å². The maximum atomic E-state index is 11.4. The molecular formula is C21H27NO4S. The first-order chi connectivity index (χ1) is 13.1. The van der Waals surface area contributed by atoms with Crippen LogP contribution < -0.4 is 9.47 Å². The van der Waals surface area contributed by atoms with Gasteiger partial charge in [-0.05, 0) is 56.6 Å². The SMILES string of the molecule is CCc1ccc(C(c2c(OC)cccc2OC)N2CCC(C(=O)O)CC2)s1. The second-order valence-corrected chi connectivity index (χ2v) is 7.98. The topological polar surface area (TPSA) is 59.0 Å². The number of likely N-dealkylation sites (tertiary alicyclic amines) is 1. The Morgan fingerprint density at radius 2 is 1.81 bits per heavy atom. The molecule has 1 aliphatic heterocycles. The van der Waals surface area contributed by atoms with E-state index >= 15 is 0 Å². The summed E-state index contributed by atoms with van der Waals surface area (Å²) in [6, 6.07) is 10.2. The molecule has 5 nitrogen and oxygen atoms in total. The van der Waals surface area contributed by atoms with E-state index in [0.717, 1.165) is 36.6 Å². The van der Waals surface area contributed by atoms with Gasteiger partial charge in [-0.15, -0.1) is 11.3 Å². The van der Waals surface area contributed by atoms with E-state index in [4.69, 9.17) is 9.47 Å². The molecular weight excluding hydrogens is 362 g/mol. The molecule has 146 valence electrons. The van der Waals surface area contributed by atoms with Crippen molar-refractivity contribution in [1.82, 2.24) is 4.90 Å². The molecule has 0 saturated carbocycles. The molecule has 1 saturated heterocycles. The predicted molar refractivity (Wildman–Crippen MR) is 107 cm³/mol. The molecule has 1 fully saturated rings. The number of methoxy groups -OCH3 is 2. The maximum absolute atomic E-state index is 11.4. The highest BCUT2D eigenvalue weighted by atomic mass is 32.1. The Morgan fingerprint density at radius 3 is 2.30 bits per heavy atom. The molecule has 2 aromatic rings. The van der Waals surface area contributed by atoms with Crippen LogP contribution in [0.2, 0.25) is 0 Å². The summed E-state index contributed by atoms with van der Waals surface area (Å²) in [7, 11) is 3.36. The third-order valence-corrected chi connectivity index (χ3v) is 6.57. The lowest BCUT2D eigenvalue weighted by Gasteiger charge is -2.37. The fourth-order valence-electron chi connectivity index (χ4n) is 3.79. The molecule has 3 rings (SSSR count). The van der Waals surface area contributed by atoms with Gasteiger partial charge in [0.1, 0.15) is 11.5 Å². The molecule has 1 atom stereocenters. The fourth-order valence-corrected chi connectivity index (χ4v) is 4.89. The van der Waals surface area contributed by atoms with Crippen LogP contribution in [-0.2, 0) is 11.2 Å². The average molecular weight is 390 g/mol. The van der Waals surface area contributed by atoms with E-state index in [-0.39, 0.29) is 12.0 Å². The molecule has 1 N–H and O–H groups in total. The zero-order chi connectivity index (χ0) is 19.4. The van der Waals surface area contributed by atoms with Gasteiger partial charge in [0.05, 0.1) is 31.7 Å². The van der Waals surface area contributed by atoms with Gasteiger partial charge >= 0.3 is 5.97 Å². The van der Waals surface area contributed by atoms with Crippen molar-refractivity contribution in [2.24, 2.45) is 5.92 Å². The molecule has 0 spiro atoms. The van der Waals surface area contributed by atoms with Crippen LogP contribution in [-0.4, -0.2) is 43.3 Å². The van der Waals surface area contributed by atoms with Crippen molar-refractivity contribution in [3.63, 3.8) is 0 Å². The second-order valence-electron chi connectivity index (χ2n) is 6.78. The van der Waals surface area contributed by atoms with Crippen LogP contribution in [0.15, 0.2) is 30.3 Å². The quantitative estimate of drug-likeness (QED) is 0.769. The molecule has 2 heterocycles. The molecule has 1 aromatic carbocycles. The summed E-state index contributed by atoms with van der Waals surface area (Å²) in [5.41, 5.74) is 1.01. The van der Waals surface area contributed by atoms with Gasteiger partial charge in [-0.3, -0.25) is 9.69 Å². The average Bonchev–Trinajstić information content (AvgIpc) is 3.17. The first-order valence-corrected chi connectivity index (χ1v) is 10.2. The number of aryl methyl sites for hydroxylation is 1. The van der Waals surface area contributed by atoms with Gasteiger partial charge in [0.15, 0.2) is 0 Å². The van der Waals surface area contributed by atoms with Gasteiger partial charge in [0.2, 0.25) is 0 Å². The van der Waals surface area contributed by atoms with Crippen molar-refractivity contribution in [2.75, 3.05) is 27.3 Å². The van der Waals surface area contributed by atoms with Crippen LogP contribution in [0.25, 0.3) is 0 Å². The van der Waals surface area contributed by atoms with Crippen LogP contribution in [0.1, 0.15) is 41.1 Å². The number of piperidine rings is 1. The van der Waals surface area contributed by atoms with E-state index in [1.165, 1.54) is 9.75 Å². The standard InChI is InChI=1S/C21H27NO4S/c1-4-15-8-9-18(27-15)20(22-12-10-14(11-13-22)21(23)24)19-16(25-2)6-5-7-17(19)26-3/h5-9,14,20H,4,10-13H2,1-3H3,(H,23,24). The maximum Gasteiger partial charge on any atom is 0.306 e. The summed E-state index contributed by atoms with van der Waals surface area (Å²) in [6.45, 7) is 3.64. The Balaban J connectivity index is 2.03. The zero-order valence-corrected chi connectivity index (χ0v) is 16.9. The van der Waals surface area contributed by atoms with Crippen molar-refractivity contribution in [3.8, 4) is 11.5 Å². The summed E-state index contributed by atoms with van der Waals surface area (Å²) in [5.74, 6) is 0.652. The van der Waals surface area contributed by atoms with E-state index in [0.29, 0.717) is 12.8 Å². The van der Waals surface area contributed by atoms with Gasteiger partial charge in [-0.2, -0.15) is 0 Å². The molecule has 1 aromatic heterocycles. The van der Waals surface area contributed by atoms with Crippen LogP contribution in [0.5, 0.6) is 11.5 Å². The van der Waals surface area contributed by atoms with E-state index in [2.05, 4.69) is 24.0 Å². The van der Waals surface area contributed by atoms with Crippen molar-refractivity contribution in [1.29, 1.82) is 0 Å². The van der Waals surface area contributed by atoms with E-state index in [9.17, 15) is 9.90 Å². The van der Waals surface area contributed by atoms with E-state index < -0.39 is 5.97 Å². The summed E-state index contributed by atoms with van der Waals surface area (Å²) in [4.78, 5) is 16.3. The molecule has 27 heavy (non-hydrogen) atoms. The fraction of sp³-hybridized carbons (Fsp3) is 0.476. The zero-order valence-electron chi connectivity index (χ0n) is 16.1. The summed E-state index contributed by atoms with van der Waals surface area (Å²) >= 11 is 1.81. The van der Waals surface area contributed by atoms with Gasteiger partial charge < -0.3 is 14.6 Å². The summed E-state index contributed by atoms with van der Waals surface area (Å²) < 4.78 is 11.4. The Hall–Kier alpha value is -2.05. The number of hydrogen-bond donors (Lipinski definition) is 1. The minimum Gasteiger partial charge on any atom is -0.496 e. The van der Waals surface area contributed by atoms with Crippen molar-refractivity contribution in [3.05, 3.63) is 45.6 Å². The third kappa shape index (κ3) is 4.12. The van der Waals surface area contributed by atoms with Crippen molar-refractivity contribution in [2.45, 2.75) is 32.2 Å². The first-order valence-electron chi connectivity index (χ1n) is 9.35. The van der Waals surface area contributed by atoms with Crippen molar-refractivity contribution >= 4 is 17.3 Å². The highest BCUT2D eigenvalue weighted by Gasteiger charge is 2.34. The minimum absolute atomic E-state index is 0.00357. The normalized spacial score (nSPS) is 16.9. The highest BCUT2D eigenvalue weighted by Crippen LogP contribution is 2.44. The van der Waals surface area contributed by atoms with Crippen LogP contribution in [0.4, 0.5) is 0 Å². The number of thiophene rings is 1. The lowest BCUT2D eigenvalue weighted by atomic mass is 9.93. The number of nitrogens with zero attached hydrogens (tertiary/aromatic N) is 1. The van der Waals surface area contributed by atoms with Gasteiger partial charge in [-0.1, -0.05) is 13.0 Å². The summed E-state index contributed by atoms with van der Waals surface area (Å²) in [5, 5.41) is 9.34. The van der Waals surface area contributed by atoms with Crippen LogP contribution >= 0.6 is 11.3 Å². The molecule has 1 aliphatic rings. The van der Waals surface area contributed by atoms with Gasteiger partial charge in [0.25, 0.3) is 0 Å². The third-order valence-electron chi connectivity index (χ3n) is 5.28. The Kier molecular flexibility index (Phi) is 6.39. The largest absolute Gasteiger partial charge is 0.496 e. The summed E-state index contributed by atoms with van der Waals surface area (Å²) in [6.07, 6.45) is 2.33. The number of carbonyl (C=O) groups is 1. The first kappa shape index (κ1) is 19.7. The van der Waals surface area contributed by atoms with Gasteiger partial charge in [-0.25, -0.2) is 0 Å². The molecule has 0 amide bonds. The molecule has 0 aliphatic carbocycles. The van der Waals surface area contributed by atoms with E-state index in [1.807, 2.05) is 18.2 Å². The number of ether oxygens (including phenoxy) is 2. The van der Waals surface area contributed by atoms with Gasteiger partial charge in [0, 0.05) is 9.75 Å². The lowest BCUT2D eigenvalue weighted by molar-refractivity contribution is -0.143. The number of aliphatic carboxylic acids is 1. The lowest BCUT2D eigenvalue weighted by Crippen LogP contribution is -2.39. The number of carboxylic acids is 1. The number of hydrogen-bond acceptors (Lipinski definition) is 5. The Morgan fingerprint density at radius 1 is 1.19 bits per heavy atom. The smallest absolute Gasteiger partial charge is 0.306 e. The number of rotatable bonds is 7. The molecule has 1 unspecified atom stereocenters. The second kappa shape index (κ2) is 8.76. The Labute approximate surface area is 164 Å². The van der Waals surface area contributed by atoms with Crippen LogP contribution in [0, 0.1) is 5.92 Å². The number of carboxylic acid groups (broad SMARTS) is 1. The predicted octanol–water partition coefficient (Wildman–Crippen LogP) is 4.21. The molecule has 0 radical (unpaired) electrons. The van der Waals surface area contributed by atoms with Crippen LogP contribution in [0.3, 0.4) is 0 Å².